The number of carbonyl (C=O) groups is 1. The first-order chi connectivity index (χ1) is 7.18. The lowest BCUT2D eigenvalue weighted by Crippen LogP contribution is -2.18. The van der Waals surface area contributed by atoms with Crippen molar-refractivity contribution in [3.63, 3.8) is 0 Å². The molecule has 1 fully saturated rings. The molecule has 0 atom stereocenters. The van der Waals surface area contributed by atoms with Crippen LogP contribution in [-0.2, 0) is 4.79 Å². The van der Waals surface area contributed by atoms with E-state index in [1.54, 1.807) is 0 Å². The van der Waals surface area contributed by atoms with Crippen LogP contribution in [0.4, 0.5) is 5.69 Å². The van der Waals surface area contributed by atoms with E-state index >= 15 is 0 Å². The van der Waals surface area contributed by atoms with Crippen molar-refractivity contribution in [3.05, 3.63) is 29.8 Å². The molecule has 15 heavy (non-hydrogen) atoms. The lowest BCUT2D eigenvalue weighted by molar-refractivity contribution is -0.117. The van der Waals surface area contributed by atoms with Gasteiger partial charge in [0.1, 0.15) is 4.99 Å². The molecule has 0 unspecified atom stereocenters. The van der Waals surface area contributed by atoms with E-state index < -0.39 is 0 Å². The number of nitrogens with one attached hydrogen (secondary N) is 1. The molecule has 4 heteroatoms. The zero-order chi connectivity index (χ0) is 10.8. The van der Waals surface area contributed by atoms with Crippen LogP contribution in [0, 0.1) is 5.92 Å². The summed E-state index contributed by atoms with van der Waals surface area (Å²) in [6.45, 7) is 0. The van der Waals surface area contributed by atoms with Crippen LogP contribution < -0.4 is 11.1 Å². The average molecular weight is 220 g/mol. The number of hydrogen-bond acceptors (Lipinski definition) is 2. The fourth-order valence-corrected chi connectivity index (χ4v) is 1.57. The molecular formula is C11H12N2OS. The van der Waals surface area contributed by atoms with Crippen LogP contribution in [-0.4, -0.2) is 10.9 Å². The Morgan fingerprint density at radius 1 is 1.40 bits per heavy atom. The Balaban J connectivity index is 2.19. The van der Waals surface area contributed by atoms with Gasteiger partial charge < -0.3 is 11.1 Å². The van der Waals surface area contributed by atoms with Crippen molar-refractivity contribution >= 4 is 28.8 Å². The first-order valence-electron chi connectivity index (χ1n) is 4.88. The SMILES string of the molecule is NC(=S)c1ccccc1NC(=O)C1CC1. The molecular weight excluding hydrogens is 208 g/mol. The minimum atomic E-state index is 0.0682. The van der Waals surface area contributed by atoms with E-state index in [2.05, 4.69) is 5.32 Å². The minimum Gasteiger partial charge on any atom is -0.389 e. The molecule has 2 rings (SSSR count). The van der Waals surface area contributed by atoms with Crippen molar-refractivity contribution in [2.75, 3.05) is 5.32 Å². The number of thiocarbonyl (C=S) groups is 1. The second-order valence-corrected chi connectivity index (χ2v) is 4.11. The molecule has 0 aromatic heterocycles. The Morgan fingerprint density at radius 3 is 2.67 bits per heavy atom. The van der Waals surface area contributed by atoms with Gasteiger partial charge in [0.15, 0.2) is 0 Å². The number of benzene rings is 1. The quantitative estimate of drug-likeness (QED) is 0.762. The molecule has 0 heterocycles. The molecule has 1 aromatic carbocycles. The van der Waals surface area contributed by atoms with Gasteiger partial charge in [-0.3, -0.25) is 4.79 Å². The molecule has 3 N–H and O–H groups in total. The Kier molecular flexibility index (Phi) is 2.68. The van der Waals surface area contributed by atoms with Crippen molar-refractivity contribution in [2.45, 2.75) is 12.8 Å². The second-order valence-electron chi connectivity index (χ2n) is 3.67. The van der Waals surface area contributed by atoms with Gasteiger partial charge in [-0.05, 0) is 25.0 Å². The van der Waals surface area contributed by atoms with Gasteiger partial charge in [0.05, 0.1) is 5.69 Å². The number of rotatable bonds is 3. The van der Waals surface area contributed by atoms with Crippen molar-refractivity contribution in [1.29, 1.82) is 0 Å². The van der Waals surface area contributed by atoms with Crippen LogP contribution in [0.1, 0.15) is 18.4 Å². The van der Waals surface area contributed by atoms with Crippen molar-refractivity contribution in [1.82, 2.24) is 0 Å². The largest absolute Gasteiger partial charge is 0.389 e. The van der Waals surface area contributed by atoms with E-state index in [1.165, 1.54) is 0 Å². The van der Waals surface area contributed by atoms with E-state index in [4.69, 9.17) is 18.0 Å². The first kappa shape index (κ1) is 10.1. The zero-order valence-corrected chi connectivity index (χ0v) is 9.01. The summed E-state index contributed by atoms with van der Waals surface area (Å²) in [5.41, 5.74) is 7.00. The summed E-state index contributed by atoms with van der Waals surface area (Å²) in [6, 6.07) is 7.32. The minimum absolute atomic E-state index is 0.0682. The molecule has 78 valence electrons. The van der Waals surface area contributed by atoms with Gasteiger partial charge in [-0.2, -0.15) is 0 Å². The predicted octanol–water partition coefficient (Wildman–Crippen LogP) is 1.67. The molecule has 0 spiro atoms. The van der Waals surface area contributed by atoms with E-state index in [0.717, 1.165) is 18.4 Å². The van der Waals surface area contributed by atoms with Crippen LogP contribution in [0.2, 0.25) is 0 Å². The molecule has 1 aromatic rings. The van der Waals surface area contributed by atoms with E-state index in [0.29, 0.717) is 10.7 Å². The number of nitrogens with two attached hydrogens (primary N) is 1. The summed E-state index contributed by atoms with van der Waals surface area (Å²) >= 11 is 4.91. The highest BCUT2D eigenvalue weighted by molar-refractivity contribution is 7.80. The van der Waals surface area contributed by atoms with Gasteiger partial charge in [0, 0.05) is 11.5 Å². The number of carbonyl (C=O) groups excluding carboxylic acids is 1. The summed E-state index contributed by atoms with van der Waals surface area (Å²) in [6.07, 6.45) is 1.97. The highest BCUT2D eigenvalue weighted by atomic mass is 32.1. The predicted molar refractivity (Wildman–Crippen MR) is 63.7 cm³/mol. The topological polar surface area (TPSA) is 55.1 Å². The molecule has 1 amide bonds. The molecule has 3 nitrogen and oxygen atoms in total. The number of amides is 1. The summed E-state index contributed by atoms with van der Waals surface area (Å²) in [5, 5.41) is 2.85. The maximum Gasteiger partial charge on any atom is 0.227 e. The number of para-hydroxylation sites is 1. The molecule has 1 saturated carbocycles. The molecule has 0 radical (unpaired) electrons. The standard InChI is InChI=1S/C11H12N2OS/c12-10(15)8-3-1-2-4-9(8)13-11(14)7-5-6-7/h1-4,7H,5-6H2,(H2,12,15)(H,13,14). The van der Waals surface area contributed by atoms with Crippen molar-refractivity contribution in [2.24, 2.45) is 11.7 Å². The van der Waals surface area contributed by atoms with Gasteiger partial charge in [-0.25, -0.2) is 0 Å². The molecule has 0 bridgehead atoms. The number of hydrogen-bond donors (Lipinski definition) is 2. The van der Waals surface area contributed by atoms with Crippen LogP contribution in [0.25, 0.3) is 0 Å². The summed E-state index contributed by atoms with van der Waals surface area (Å²) in [4.78, 5) is 11.9. The smallest absolute Gasteiger partial charge is 0.227 e. The molecule has 1 aliphatic rings. The highest BCUT2D eigenvalue weighted by Crippen LogP contribution is 2.30. The Bertz CT molecular complexity index is 413. The van der Waals surface area contributed by atoms with Crippen LogP contribution in [0.3, 0.4) is 0 Å². The fourth-order valence-electron chi connectivity index (χ4n) is 1.39. The third-order valence-electron chi connectivity index (χ3n) is 2.40. The normalized spacial score (nSPS) is 14.7. The van der Waals surface area contributed by atoms with Crippen molar-refractivity contribution in [3.8, 4) is 0 Å². The van der Waals surface area contributed by atoms with Crippen LogP contribution in [0.5, 0.6) is 0 Å². The van der Waals surface area contributed by atoms with Gasteiger partial charge in [-0.15, -0.1) is 0 Å². The van der Waals surface area contributed by atoms with Crippen LogP contribution in [0.15, 0.2) is 24.3 Å². The van der Waals surface area contributed by atoms with Crippen molar-refractivity contribution < 1.29 is 4.79 Å². The lowest BCUT2D eigenvalue weighted by atomic mass is 10.1. The molecule has 0 saturated heterocycles. The first-order valence-corrected chi connectivity index (χ1v) is 5.29. The third-order valence-corrected chi connectivity index (χ3v) is 2.62. The van der Waals surface area contributed by atoms with E-state index in [1.807, 2.05) is 24.3 Å². The van der Waals surface area contributed by atoms with Gasteiger partial charge in [0.2, 0.25) is 5.91 Å². The maximum absolute atomic E-state index is 11.6. The Morgan fingerprint density at radius 2 is 2.07 bits per heavy atom. The third kappa shape index (κ3) is 2.33. The summed E-state index contributed by atoms with van der Waals surface area (Å²) in [7, 11) is 0. The second kappa shape index (κ2) is 3.98. The highest BCUT2D eigenvalue weighted by Gasteiger charge is 2.29. The van der Waals surface area contributed by atoms with Gasteiger partial charge >= 0.3 is 0 Å². The molecule has 1 aliphatic carbocycles. The molecule has 0 aliphatic heterocycles. The zero-order valence-electron chi connectivity index (χ0n) is 8.19. The maximum atomic E-state index is 11.6. The summed E-state index contributed by atoms with van der Waals surface area (Å²) in [5.74, 6) is 0.253. The summed E-state index contributed by atoms with van der Waals surface area (Å²) < 4.78 is 0. The monoisotopic (exact) mass is 220 g/mol. The lowest BCUT2D eigenvalue weighted by Gasteiger charge is -2.08. The Labute approximate surface area is 93.7 Å². The number of anilines is 1. The van der Waals surface area contributed by atoms with E-state index in [-0.39, 0.29) is 11.8 Å². The average Bonchev–Trinajstić information content (AvgIpc) is 3.01. The van der Waals surface area contributed by atoms with E-state index in [9.17, 15) is 4.79 Å². The Hall–Kier alpha value is -1.42. The van der Waals surface area contributed by atoms with Gasteiger partial charge in [0.25, 0.3) is 0 Å². The van der Waals surface area contributed by atoms with Crippen LogP contribution >= 0.6 is 12.2 Å². The fraction of sp³-hybridized carbons (Fsp3) is 0.273. The van der Waals surface area contributed by atoms with Gasteiger partial charge in [-0.1, -0.05) is 24.4 Å².